The zero-order valence-electron chi connectivity index (χ0n) is 7.24. The molecule has 1 saturated carbocycles. The Morgan fingerprint density at radius 1 is 1.17 bits per heavy atom. The Labute approximate surface area is 86.7 Å². The third-order valence-corrected chi connectivity index (χ3v) is 2.71. The molecule has 0 aromatic carbocycles. The Hall–Kier alpha value is 0.500. The van der Waals surface area contributed by atoms with Gasteiger partial charge in [-0.15, -0.1) is 24.8 Å². The van der Waals surface area contributed by atoms with Crippen molar-refractivity contribution in [1.82, 2.24) is 4.90 Å². The van der Waals surface area contributed by atoms with Crippen LogP contribution in [0.4, 0.5) is 0 Å². The zero-order chi connectivity index (χ0) is 6.97. The van der Waals surface area contributed by atoms with E-state index in [0.717, 1.165) is 18.6 Å². The molecular formula is C8H18Cl2N2. The SMILES string of the molecule is Cl.Cl.NCC1CCCN1C1CC1. The molecule has 2 fully saturated rings. The molecule has 1 aliphatic carbocycles. The van der Waals surface area contributed by atoms with Crippen LogP contribution in [0.5, 0.6) is 0 Å². The van der Waals surface area contributed by atoms with Gasteiger partial charge in [-0.2, -0.15) is 0 Å². The number of rotatable bonds is 2. The fourth-order valence-electron chi connectivity index (χ4n) is 2.00. The second kappa shape index (κ2) is 5.28. The van der Waals surface area contributed by atoms with Gasteiger partial charge in [0.05, 0.1) is 0 Å². The standard InChI is InChI=1S/C8H16N2.2ClH/c9-6-8-2-1-5-10(8)7-3-4-7;;/h7-8H,1-6,9H2;2*1H. The molecule has 0 bridgehead atoms. The van der Waals surface area contributed by atoms with Gasteiger partial charge in [0.1, 0.15) is 0 Å². The normalized spacial score (nSPS) is 29.2. The van der Waals surface area contributed by atoms with E-state index in [9.17, 15) is 0 Å². The molecule has 1 unspecified atom stereocenters. The van der Waals surface area contributed by atoms with Crippen LogP contribution in [-0.4, -0.2) is 30.1 Å². The van der Waals surface area contributed by atoms with Crippen molar-refractivity contribution in [3.63, 3.8) is 0 Å². The summed E-state index contributed by atoms with van der Waals surface area (Å²) < 4.78 is 0. The van der Waals surface area contributed by atoms with E-state index in [2.05, 4.69) is 4.90 Å². The van der Waals surface area contributed by atoms with Gasteiger partial charge in [0.2, 0.25) is 0 Å². The molecule has 74 valence electrons. The second-order valence-electron chi connectivity index (χ2n) is 3.50. The van der Waals surface area contributed by atoms with E-state index in [1.807, 2.05) is 0 Å². The van der Waals surface area contributed by atoms with Gasteiger partial charge in [-0.25, -0.2) is 0 Å². The fraction of sp³-hybridized carbons (Fsp3) is 1.00. The van der Waals surface area contributed by atoms with Crippen molar-refractivity contribution in [3.8, 4) is 0 Å². The van der Waals surface area contributed by atoms with E-state index in [0.29, 0.717) is 0 Å². The van der Waals surface area contributed by atoms with Crippen molar-refractivity contribution in [2.24, 2.45) is 5.73 Å². The number of nitrogens with two attached hydrogens (primary N) is 1. The molecule has 1 heterocycles. The van der Waals surface area contributed by atoms with Crippen LogP contribution in [0.1, 0.15) is 25.7 Å². The Balaban J connectivity index is 0.000000605. The first-order valence-corrected chi connectivity index (χ1v) is 4.37. The van der Waals surface area contributed by atoms with Crippen LogP contribution in [0.15, 0.2) is 0 Å². The first-order chi connectivity index (χ1) is 4.92. The lowest BCUT2D eigenvalue weighted by Gasteiger charge is -2.22. The lowest BCUT2D eigenvalue weighted by molar-refractivity contribution is 0.248. The highest BCUT2D eigenvalue weighted by molar-refractivity contribution is 5.85. The van der Waals surface area contributed by atoms with Crippen molar-refractivity contribution in [2.75, 3.05) is 13.1 Å². The summed E-state index contributed by atoms with van der Waals surface area (Å²) in [5.41, 5.74) is 5.65. The van der Waals surface area contributed by atoms with Crippen molar-refractivity contribution in [2.45, 2.75) is 37.8 Å². The third kappa shape index (κ3) is 2.49. The van der Waals surface area contributed by atoms with Crippen molar-refractivity contribution >= 4 is 24.8 Å². The third-order valence-electron chi connectivity index (χ3n) is 2.71. The quantitative estimate of drug-likeness (QED) is 0.751. The van der Waals surface area contributed by atoms with Crippen LogP contribution in [-0.2, 0) is 0 Å². The Kier molecular flexibility index (Phi) is 5.50. The first-order valence-electron chi connectivity index (χ1n) is 4.37. The van der Waals surface area contributed by atoms with Gasteiger partial charge >= 0.3 is 0 Å². The average Bonchev–Trinajstić information content (AvgIpc) is 2.69. The van der Waals surface area contributed by atoms with Crippen LogP contribution in [0.25, 0.3) is 0 Å². The summed E-state index contributed by atoms with van der Waals surface area (Å²) in [7, 11) is 0. The summed E-state index contributed by atoms with van der Waals surface area (Å²) >= 11 is 0. The van der Waals surface area contributed by atoms with Crippen LogP contribution in [0.3, 0.4) is 0 Å². The summed E-state index contributed by atoms with van der Waals surface area (Å²) in [5.74, 6) is 0. The molecule has 12 heavy (non-hydrogen) atoms. The van der Waals surface area contributed by atoms with Gasteiger partial charge in [-0.3, -0.25) is 4.90 Å². The van der Waals surface area contributed by atoms with Gasteiger partial charge < -0.3 is 5.73 Å². The second-order valence-corrected chi connectivity index (χ2v) is 3.50. The van der Waals surface area contributed by atoms with Crippen molar-refractivity contribution in [3.05, 3.63) is 0 Å². The van der Waals surface area contributed by atoms with Crippen molar-refractivity contribution in [1.29, 1.82) is 0 Å². The van der Waals surface area contributed by atoms with Crippen LogP contribution in [0, 0.1) is 0 Å². The fourth-order valence-corrected chi connectivity index (χ4v) is 2.00. The molecule has 0 aromatic heterocycles. The van der Waals surface area contributed by atoms with E-state index in [1.165, 1.54) is 32.2 Å². The number of likely N-dealkylation sites (tertiary alicyclic amines) is 1. The maximum Gasteiger partial charge on any atom is 0.0221 e. The molecule has 2 nitrogen and oxygen atoms in total. The topological polar surface area (TPSA) is 29.3 Å². The summed E-state index contributed by atoms with van der Waals surface area (Å²) in [6.07, 6.45) is 5.57. The molecule has 0 amide bonds. The first kappa shape index (κ1) is 12.5. The Morgan fingerprint density at radius 2 is 1.83 bits per heavy atom. The molecule has 2 aliphatic rings. The minimum atomic E-state index is 0. The molecule has 0 spiro atoms. The number of halogens is 2. The highest BCUT2D eigenvalue weighted by Crippen LogP contribution is 2.32. The monoisotopic (exact) mass is 212 g/mol. The molecule has 1 atom stereocenters. The summed E-state index contributed by atoms with van der Waals surface area (Å²) in [5, 5.41) is 0. The molecule has 2 rings (SSSR count). The van der Waals surface area contributed by atoms with E-state index >= 15 is 0 Å². The summed E-state index contributed by atoms with van der Waals surface area (Å²) in [4.78, 5) is 2.61. The molecule has 2 N–H and O–H groups in total. The van der Waals surface area contributed by atoms with Crippen LogP contribution < -0.4 is 5.73 Å². The Bertz CT molecular complexity index is 128. The maximum absolute atomic E-state index is 5.65. The van der Waals surface area contributed by atoms with Gasteiger partial charge in [-0.05, 0) is 32.2 Å². The zero-order valence-corrected chi connectivity index (χ0v) is 8.87. The maximum atomic E-state index is 5.65. The van der Waals surface area contributed by atoms with E-state index < -0.39 is 0 Å². The van der Waals surface area contributed by atoms with E-state index in [-0.39, 0.29) is 24.8 Å². The predicted octanol–water partition coefficient (Wildman–Crippen LogP) is 1.42. The van der Waals surface area contributed by atoms with Gasteiger partial charge in [0.25, 0.3) is 0 Å². The largest absolute Gasteiger partial charge is 0.329 e. The predicted molar refractivity (Wildman–Crippen MR) is 56.3 cm³/mol. The summed E-state index contributed by atoms with van der Waals surface area (Å²) in [6, 6.07) is 1.66. The number of hydrogen-bond acceptors (Lipinski definition) is 2. The van der Waals surface area contributed by atoms with Gasteiger partial charge in [-0.1, -0.05) is 0 Å². The van der Waals surface area contributed by atoms with Crippen LogP contribution in [0.2, 0.25) is 0 Å². The van der Waals surface area contributed by atoms with Gasteiger partial charge in [0, 0.05) is 18.6 Å². The lowest BCUT2D eigenvalue weighted by atomic mass is 10.2. The van der Waals surface area contributed by atoms with E-state index in [4.69, 9.17) is 5.73 Å². The molecule has 0 aromatic rings. The molecule has 1 saturated heterocycles. The Morgan fingerprint density at radius 3 is 2.33 bits per heavy atom. The average molecular weight is 213 g/mol. The number of nitrogens with zero attached hydrogens (tertiary/aromatic N) is 1. The molecular weight excluding hydrogens is 195 g/mol. The van der Waals surface area contributed by atoms with Crippen molar-refractivity contribution < 1.29 is 0 Å². The highest BCUT2D eigenvalue weighted by atomic mass is 35.5. The smallest absolute Gasteiger partial charge is 0.0221 e. The lowest BCUT2D eigenvalue weighted by Crippen LogP contribution is -2.36. The molecule has 4 heteroatoms. The molecule has 1 aliphatic heterocycles. The molecule has 0 radical (unpaired) electrons. The summed E-state index contributed by atoms with van der Waals surface area (Å²) in [6.45, 7) is 2.18. The highest BCUT2D eigenvalue weighted by Gasteiger charge is 2.35. The van der Waals surface area contributed by atoms with E-state index in [1.54, 1.807) is 0 Å². The minimum Gasteiger partial charge on any atom is -0.329 e. The van der Waals surface area contributed by atoms with Gasteiger partial charge in [0.15, 0.2) is 0 Å². The van der Waals surface area contributed by atoms with Crippen LogP contribution >= 0.6 is 24.8 Å². The number of hydrogen-bond donors (Lipinski definition) is 1. The minimum absolute atomic E-state index is 0.